The minimum Gasteiger partial charge on any atom is -0.483 e. The molecule has 1 saturated heterocycles. The van der Waals surface area contributed by atoms with E-state index in [-0.39, 0.29) is 18.6 Å². The average molecular weight is 398 g/mol. The maximum Gasteiger partial charge on any atom is 0.264 e. The molecule has 1 amide bonds. The largest absolute Gasteiger partial charge is 0.483 e. The van der Waals surface area contributed by atoms with Crippen molar-refractivity contribution in [1.82, 2.24) is 10.2 Å². The molecule has 0 aliphatic carbocycles. The third-order valence-electron chi connectivity index (χ3n) is 3.34. The Labute approximate surface area is 146 Å². The van der Waals surface area contributed by atoms with Crippen molar-refractivity contribution >= 4 is 38.3 Å². The molecule has 1 atom stereocenters. The van der Waals surface area contributed by atoms with Gasteiger partial charge in [-0.2, -0.15) is 0 Å². The van der Waals surface area contributed by atoms with Gasteiger partial charge in [-0.25, -0.2) is 0 Å². The van der Waals surface area contributed by atoms with Gasteiger partial charge in [0.1, 0.15) is 16.9 Å². The lowest BCUT2D eigenvalue weighted by Gasteiger charge is -2.08. The van der Waals surface area contributed by atoms with Crippen LogP contribution in [0.3, 0.4) is 0 Å². The molecular formula is C15H16BrN3O3S. The first kappa shape index (κ1) is 16.4. The molecule has 3 rings (SSSR count). The zero-order valence-electron chi connectivity index (χ0n) is 12.5. The normalized spacial score (nSPS) is 17.2. The molecule has 1 aliphatic rings. The second kappa shape index (κ2) is 7.37. The molecule has 8 heteroatoms. The molecular weight excluding hydrogens is 382 g/mol. The second-order valence-corrected chi connectivity index (χ2v) is 7.08. The van der Waals surface area contributed by atoms with Crippen molar-refractivity contribution in [3.05, 3.63) is 33.2 Å². The Kier molecular flexibility index (Phi) is 5.24. The Bertz CT molecular complexity index is 701. The molecule has 0 unspecified atom stereocenters. The van der Waals surface area contributed by atoms with E-state index < -0.39 is 0 Å². The van der Waals surface area contributed by atoms with Crippen LogP contribution < -0.4 is 10.1 Å². The van der Waals surface area contributed by atoms with Crippen LogP contribution >= 0.6 is 27.3 Å². The Morgan fingerprint density at radius 3 is 3.13 bits per heavy atom. The quantitative estimate of drug-likeness (QED) is 0.835. The Hall–Kier alpha value is -1.51. The Morgan fingerprint density at radius 1 is 1.52 bits per heavy atom. The standard InChI is InChI=1S/C15H16BrN3O3S/c1-9-4-5-11(10(16)7-9)22-8-13(20)17-15-19-18-14(23-15)12-3-2-6-21-12/h4-5,7,12H,2-3,6,8H2,1H3,(H,17,19,20)/t12-/m1/s1. The zero-order chi connectivity index (χ0) is 16.2. The molecule has 2 heterocycles. The SMILES string of the molecule is Cc1ccc(OCC(=O)Nc2nnc([C@H]3CCCO3)s2)c(Br)c1. The first-order chi connectivity index (χ1) is 11.1. The van der Waals surface area contributed by atoms with Crippen molar-refractivity contribution in [2.45, 2.75) is 25.9 Å². The van der Waals surface area contributed by atoms with Gasteiger partial charge in [-0.1, -0.05) is 17.4 Å². The first-order valence-electron chi connectivity index (χ1n) is 7.25. The number of aromatic nitrogens is 2. The van der Waals surface area contributed by atoms with E-state index in [4.69, 9.17) is 9.47 Å². The van der Waals surface area contributed by atoms with Crippen molar-refractivity contribution in [2.75, 3.05) is 18.5 Å². The van der Waals surface area contributed by atoms with E-state index in [9.17, 15) is 4.79 Å². The van der Waals surface area contributed by atoms with E-state index in [1.165, 1.54) is 11.3 Å². The number of ether oxygens (including phenoxy) is 2. The highest BCUT2D eigenvalue weighted by atomic mass is 79.9. The summed E-state index contributed by atoms with van der Waals surface area (Å²) in [6.07, 6.45) is 2.00. The lowest BCUT2D eigenvalue weighted by molar-refractivity contribution is -0.118. The van der Waals surface area contributed by atoms with E-state index in [1.807, 2.05) is 25.1 Å². The van der Waals surface area contributed by atoms with Crippen molar-refractivity contribution in [3.63, 3.8) is 0 Å². The summed E-state index contributed by atoms with van der Waals surface area (Å²) in [4.78, 5) is 12.0. The predicted molar refractivity (Wildman–Crippen MR) is 90.8 cm³/mol. The molecule has 6 nitrogen and oxygen atoms in total. The summed E-state index contributed by atoms with van der Waals surface area (Å²) >= 11 is 4.76. The van der Waals surface area contributed by atoms with Gasteiger partial charge in [0.05, 0.1) is 4.47 Å². The van der Waals surface area contributed by atoms with Gasteiger partial charge in [0.2, 0.25) is 5.13 Å². The number of anilines is 1. The summed E-state index contributed by atoms with van der Waals surface area (Å²) in [5.74, 6) is 0.357. The number of aryl methyl sites for hydroxylation is 1. The molecule has 0 saturated carbocycles. The zero-order valence-corrected chi connectivity index (χ0v) is 14.9. The predicted octanol–water partition coefficient (Wildman–Crippen LogP) is 3.48. The molecule has 1 aliphatic heterocycles. The minimum atomic E-state index is -0.271. The van der Waals surface area contributed by atoms with Gasteiger partial charge in [-0.3, -0.25) is 10.1 Å². The first-order valence-corrected chi connectivity index (χ1v) is 8.86. The van der Waals surface area contributed by atoms with Crippen LogP contribution in [0.2, 0.25) is 0 Å². The third-order valence-corrected chi connectivity index (χ3v) is 4.89. The molecule has 0 radical (unpaired) electrons. The molecule has 0 spiro atoms. The molecule has 2 aromatic rings. The number of hydrogen-bond donors (Lipinski definition) is 1. The van der Waals surface area contributed by atoms with Crippen LogP contribution in [-0.2, 0) is 9.53 Å². The highest BCUT2D eigenvalue weighted by Crippen LogP contribution is 2.32. The Balaban J connectivity index is 1.53. The van der Waals surface area contributed by atoms with E-state index >= 15 is 0 Å². The fraction of sp³-hybridized carbons (Fsp3) is 0.400. The summed E-state index contributed by atoms with van der Waals surface area (Å²) < 4.78 is 11.9. The molecule has 23 heavy (non-hydrogen) atoms. The molecule has 1 aromatic carbocycles. The van der Waals surface area contributed by atoms with E-state index in [1.54, 1.807) is 0 Å². The van der Waals surface area contributed by atoms with Crippen LogP contribution in [0.1, 0.15) is 29.5 Å². The number of hydrogen-bond acceptors (Lipinski definition) is 6. The lowest BCUT2D eigenvalue weighted by atomic mass is 10.2. The third kappa shape index (κ3) is 4.27. The molecule has 0 bridgehead atoms. The van der Waals surface area contributed by atoms with E-state index in [2.05, 4.69) is 31.4 Å². The fourth-order valence-corrected chi connectivity index (χ4v) is 3.66. The van der Waals surface area contributed by atoms with Gasteiger partial charge in [0.25, 0.3) is 5.91 Å². The van der Waals surface area contributed by atoms with Gasteiger partial charge >= 0.3 is 0 Å². The summed E-state index contributed by atoms with van der Waals surface area (Å²) in [5.41, 5.74) is 1.11. The van der Waals surface area contributed by atoms with Crippen molar-refractivity contribution in [3.8, 4) is 5.75 Å². The van der Waals surface area contributed by atoms with Crippen molar-refractivity contribution in [2.24, 2.45) is 0 Å². The van der Waals surface area contributed by atoms with E-state index in [0.717, 1.165) is 34.5 Å². The van der Waals surface area contributed by atoms with Crippen LogP contribution in [0, 0.1) is 6.92 Å². The Morgan fingerprint density at radius 2 is 2.39 bits per heavy atom. The van der Waals surface area contributed by atoms with E-state index in [0.29, 0.717) is 10.9 Å². The van der Waals surface area contributed by atoms with Crippen LogP contribution in [0.15, 0.2) is 22.7 Å². The number of nitrogens with zero attached hydrogens (tertiary/aromatic N) is 2. The highest BCUT2D eigenvalue weighted by molar-refractivity contribution is 9.10. The van der Waals surface area contributed by atoms with Gasteiger partial charge < -0.3 is 9.47 Å². The highest BCUT2D eigenvalue weighted by Gasteiger charge is 2.22. The number of benzene rings is 1. The monoisotopic (exact) mass is 397 g/mol. The van der Waals surface area contributed by atoms with Crippen LogP contribution in [0.5, 0.6) is 5.75 Å². The molecule has 122 valence electrons. The number of carbonyl (C=O) groups excluding carboxylic acids is 1. The van der Waals surface area contributed by atoms with Gasteiger partial charge in [0, 0.05) is 6.61 Å². The summed E-state index contributed by atoms with van der Waals surface area (Å²) in [5, 5.41) is 12.0. The lowest BCUT2D eigenvalue weighted by Crippen LogP contribution is -2.20. The molecule has 1 aromatic heterocycles. The number of carbonyl (C=O) groups is 1. The molecule has 1 fully saturated rings. The smallest absolute Gasteiger partial charge is 0.264 e. The summed E-state index contributed by atoms with van der Waals surface area (Å²) in [6, 6.07) is 5.69. The maximum atomic E-state index is 12.0. The van der Waals surface area contributed by atoms with Crippen LogP contribution in [0.4, 0.5) is 5.13 Å². The molecule has 1 N–H and O–H groups in total. The van der Waals surface area contributed by atoms with Crippen LogP contribution in [0.25, 0.3) is 0 Å². The number of amides is 1. The van der Waals surface area contributed by atoms with Crippen molar-refractivity contribution < 1.29 is 14.3 Å². The van der Waals surface area contributed by atoms with Crippen LogP contribution in [-0.4, -0.2) is 29.3 Å². The van der Waals surface area contributed by atoms with Gasteiger partial charge in [-0.05, 0) is 53.4 Å². The second-order valence-electron chi connectivity index (χ2n) is 5.22. The summed E-state index contributed by atoms with van der Waals surface area (Å²) in [7, 11) is 0. The number of nitrogens with one attached hydrogen (secondary N) is 1. The minimum absolute atomic E-state index is 0.0120. The average Bonchev–Trinajstić information content (AvgIpc) is 3.17. The maximum absolute atomic E-state index is 12.0. The van der Waals surface area contributed by atoms with Gasteiger partial charge in [-0.15, -0.1) is 10.2 Å². The van der Waals surface area contributed by atoms with Crippen molar-refractivity contribution in [1.29, 1.82) is 0 Å². The number of rotatable bonds is 5. The summed E-state index contributed by atoms with van der Waals surface area (Å²) in [6.45, 7) is 2.66. The topological polar surface area (TPSA) is 73.3 Å². The van der Waals surface area contributed by atoms with Gasteiger partial charge in [0.15, 0.2) is 6.61 Å². The number of halogens is 1. The fourth-order valence-electron chi connectivity index (χ4n) is 2.21.